The average molecular weight is 403 g/mol. The lowest BCUT2D eigenvalue weighted by Gasteiger charge is -2.10. The Morgan fingerprint density at radius 2 is 1.17 bits per heavy atom. The van der Waals surface area contributed by atoms with Crippen LogP contribution in [-0.4, -0.2) is 24.7 Å². The molecule has 24 heavy (non-hydrogen) atoms. The standard InChI is InChI=1S/C16H12Cl2O4S2/c1-21-9-3-5-11(15(17)19)13(7-9)23-24-14-8-10(22-2)4-6-12(14)16(18)20/h3-8H,1-2H3. The van der Waals surface area contributed by atoms with E-state index in [9.17, 15) is 9.59 Å². The molecule has 0 heterocycles. The lowest BCUT2D eigenvalue weighted by atomic mass is 10.2. The van der Waals surface area contributed by atoms with Crippen LogP contribution >= 0.6 is 44.8 Å². The number of ether oxygens (including phenoxy) is 2. The maximum atomic E-state index is 11.6. The van der Waals surface area contributed by atoms with Crippen molar-refractivity contribution in [3.05, 3.63) is 47.5 Å². The number of carbonyl (C=O) groups is 2. The van der Waals surface area contributed by atoms with Gasteiger partial charge in [0, 0.05) is 20.9 Å². The van der Waals surface area contributed by atoms with Crippen LogP contribution < -0.4 is 9.47 Å². The summed E-state index contributed by atoms with van der Waals surface area (Å²) in [5.41, 5.74) is 0.716. The zero-order valence-corrected chi connectivity index (χ0v) is 15.8. The Labute approximate surface area is 157 Å². The number of hydrogen-bond donors (Lipinski definition) is 0. The first-order valence-electron chi connectivity index (χ1n) is 6.56. The van der Waals surface area contributed by atoms with Gasteiger partial charge in [0.1, 0.15) is 11.5 Å². The first-order valence-corrected chi connectivity index (χ1v) is 9.47. The molecular formula is C16H12Cl2O4S2. The minimum Gasteiger partial charge on any atom is -0.497 e. The van der Waals surface area contributed by atoms with Gasteiger partial charge in [-0.3, -0.25) is 9.59 Å². The van der Waals surface area contributed by atoms with Gasteiger partial charge in [-0.2, -0.15) is 0 Å². The Morgan fingerprint density at radius 1 is 0.792 bits per heavy atom. The fourth-order valence-electron chi connectivity index (χ4n) is 1.81. The van der Waals surface area contributed by atoms with E-state index in [0.717, 1.165) is 0 Å². The van der Waals surface area contributed by atoms with Crippen molar-refractivity contribution in [3.63, 3.8) is 0 Å². The molecule has 0 bridgehead atoms. The van der Waals surface area contributed by atoms with Crippen LogP contribution in [0, 0.1) is 0 Å². The highest BCUT2D eigenvalue weighted by Gasteiger charge is 2.15. The van der Waals surface area contributed by atoms with Gasteiger partial charge < -0.3 is 9.47 Å². The van der Waals surface area contributed by atoms with Crippen LogP contribution in [-0.2, 0) is 0 Å². The number of halogens is 2. The maximum absolute atomic E-state index is 11.6. The van der Waals surface area contributed by atoms with Crippen molar-refractivity contribution in [2.75, 3.05) is 14.2 Å². The highest BCUT2D eigenvalue weighted by molar-refractivity contribution is 8.76. The fourth-order valence-corrected chi connectivity index (χ4v) is 4.63. The first kappa shape index (κ1) is 19.0. The molecule has 0 N–H and O–H groups in total. The normalized spacial score (nSPS) is 10.3. The molecule has 0 saturated heterocycles. The lowest BCUT2D eigenvalue weighted by molar-refractivity contribution is 0.107. The molecule has 0 aliphatic heterocycles. The van der Waals surface area contributed by atoms with Gasteiger partial charge >= 0.3 is 0 Å². The van der Waals surface area contributed by atoms with Gasteiger partial charge in [0.15, 0.2) is 0 Å². The largest absolute Gasteiger partial charge is 0.497 e. The molecule has 0 amide bonds. The van der Waals surface area contributed by atoms with E-state index < -0.39 is 10.5 Å². The second-order valence-corrected chi connectivity index (χ2v) is 7.34. The summed E-state index contributed by atoms with van der Waals surface area (Å²) in [6.45, 7) is 0. The third-order valence-electron chi connectivity index (χ3n) is 3.02. The first-order chi connectivity index (χ1) is 11.5. The van der Waals surface area contributed by atoms with Crippen molar-refractivity contribution < 1.29 is 19.1 Å². The molecule has 0 saturated carbocycles. The van der Waals surface area contributed by atoms with E-state index in [1.165, 1.54) is 35.8 Å². The van der Waals surface area contributed by atoms with Gasteiger partial charge in [0.2, 0.25) is 0 Å². The molecule has 2 aromatic rings. The summed E-state index contributed by atoms with van der Waals surface area (Å²) in [5, 5.41) is -1.14. The Bertz CT molecular complexity index is 715. The monoisotopic (exact) mass is 402 g/mol. The summed E-state index contributed by atoms with van der Waals surface area (Å²) >= 11 is 11.2. The van der Waals surface area contributed by atoms with E-state index in [0.29, 0.717) is 32.4 Å². The van der Waals surface area contributed by atoms with Crippen molar-refractivity contribution in [1.29, 1.82) is 0 Å². The molecule has 0 spiro atoms. The van der Waals surface area contributed by atoms with Gasteiger partial charge in [-0.15, -0.1) is 0 Å². The summed E-state index contributed by atoms with van der Waals surface area (Å²) in [5.74, 6) is 1.19. The van der Waals surface area contributed by atoms with E-state index in [4.69, 9.17) is 32.7 Å². The zero-order valence-electron chi connectivity index (χ0n) is 12.7. The number of rotatable bonds is 7. The number of hydrogen-bond acceptors (Lipinski definition) is 6. The highest BCUT2D eigenvalue weighted by atomic mass is 35.5. The second-order valence-electron chi connectivity index (χ2n) is 4.44. The molecule has 2 aromatic carbocycles. The molecule has 2 rings (SSSR count). The Kier molecular flexibility index (Phi) is 6.86. The topological polar surface area (TPSA) is 52.6 Å². The molecule has 0 aliphatic rings. The Morgan fingerprint density at radius 3 is 1.46 bits per heavy atom. The van der Waals surface area contributed by atoms with Crippen molar-refractivity contribution in [2.24, 2.45) is 0 Å². The minimum absolute atomic E-state index is 0.358. The molecule has 0 aromatic heterocycles. The van der Waals surface area contributed by atoms with Crippen molar-refractivity contribution >= 4 is 55.3 Å². The van der Waals surface area contributed by atoms with E-state index in [1.54, 1.807) is 36.4 Å². The second kappa shape index (κ2) is 8.67. The quantitative estimate of drug-likeness (QED) is 0.464. The summed E-state index contributed by atoms with van der Waals surface area (Å²) in [7, 11) is 5.61. The SMILES string of the molecule is COc1ccc(C(=O)Cl)c(SSc2cc(OC)ccc2C(=O)Cl)c1. The number of benzene rings is 2. The van der Waals surface area contributed by atoms with Crippen molar-refractivity contribution in [1.82, 2.24) is 0 Å². The summed E-state index contributed by atoms with van der Waals surface area (Å²) in [6.07, 6.45) is 0. The smallest absolute Gasteiger partial charge is 0.253 e. The summed E-state index contributed by atoms with van der Waals surface area (Å²) in [4.78, 5) is 24.4. The predicted octanol–water partition coefficient (Wildman–Crippen LogP) is 5.26. The Balaban J connectivity index is 2.33. The van der Waals surface area contributed by atoms with Crippen LogP contribution in [0.4, 0.5) is 0 Å². The minimum atomic E-state index is -0.569. The van der Waals surface area contributed by atoms with Gasteiger partial charge in [-0.05, 0) is 59.6 Å². The van der Waals surface area contributed by atoms with Crippen LogP contribution in [0.25, 0.3) is 0 Å². The molecular weight excluding hydrogens is 391 g/mol. The summed E-state index contributed by atoms with van der Waals surface area (Å²) < 4.78 is 10.3. The third-order valence-corrected chi connectivity index (χ3v) is 5.87. The molecule has 0 radical (unpaired) electrons. The van der Waals surface area contributed by atoms with E-state index in [1.807, 2.05) is 0 Å². The highest BCUT2D eigenvalue weighted by Crippen LogP contribution is 2.43. The fraction of sp³-hybridized carbons (Fsp3) is 0.125. The molecule has 0 atom stereocenters. The van der Waals surface area contributed by atoms with Gasteiger partial charge in [-0.25, -0.2) is 0 Å². The van der Waals surface area contributed by atoms with E-state index in [-0.39, 0.29) is 0 Å². The van der Waals surface area contributed by atoms with Crippen LogP contribution in [0.15, 0.2) is 46.2 Å². The van der Waals surface area contributed by atoms with E-state index >= 15 is 0 Å². The molecule has 126 valence electrons. The van der Waals surface area contributed by atoms with Gasteiger partial charge in [0.05, 0.1) is 14.2 Å². The predicted molar refractivity (Wildman–Crippen MR) is 98.1 cm³/mol. The van der Waals surface area contributed by atoms with Gasteiger partial charge in [0.25, 0.3) is 10.5 Å². The van der Waals surface area contributed by atoms with E-state index in [2.05, 4.69) is 0 Å². The van der Waals surface area contributed by atoms with Crippen molar-refractivity contribution in [3.8, 4) is 11.5 Å². The Hall–Kier alpha value is -1.34. The van der Waals surface area contributed by atoms with Crippen LogP contribution in [0.5, 0.6) is 11.5 Å². The van der Waals surface area contributed by atoms with Crippen LogP contribution in [0.3, 0.4) is 0 Å². The number of methoxy groups -OCH3 is 2. The zero-order chi connectivity index (χ0) is 17.7. The third kappa shape index (κ3) is 4.60. The molecule has 0 unspecified atom stereocenters. The molecule has 0 fully saturated rings. The molecule has 4 nitrogen and oxygen atoms in total. The molecule has 8 heteroatoms. The summed E-state index contributed by atoms with van der Waals surface area (Å²) in [6, 6.07) is 9.91. The average Bonchev–Trinajstić information content (AvgIpc) is 2.58. The lowest BCUT2D eigenvalue weighted by Crippen LogP contribution is -1.95. The van der Waals surface area contributed by atoms with Crippen LogP contribution in [0.1, 0.15) is 20.7 Å². The number of carbonyl (C=O) groups excluding carboxylic acids is 2. The van der Waals surface area contributed by atoms with Crippen LogP contribution in [0.2, 0.25) is 0 Å². The van der Waals surface area contributed by atoms with Gasteiger partial charge in [-0.1, -0.05) is 21.6 Å². The maximum Gasteiger partial charge on any atom is 0.253 e. The van der Waals surface area contributed by atoms with Crippen molar-refractivity contribution in [2.45, 2.75) is 9.79 Å². The molecule has 0 aliphatic carbocycles.